The standard InChI is InChI=1S/C40H75NO4/c1-5-8-11-13-14-15-18-22-27-35(33-45-40(43)39-36-30-41(4)31-37(36)39)28-23-19-16-17-20-24-29-38(42)44-32-34(25-10-7-3)26-21-12-9-6-2/h34-37,39H,5-33H2,1-4H3/t34?,35?,36-,37+,39-. The number of ether oxygens (including phenoxy) is 2. The molecule has 5 atom stereocenters. The van der Waals surface area contributed by atoms with Crippen LogP contribution in [0.2, 0.25) is 0 Å². The third-order valence-corrected chi connectivity index (χ3v) is 10.7. The Kier molecular flexibility index (Phi) is 23.1. The van der Waals surface area contributed by atoms with Gasteiger partial charge in [-0.05, 0) is 62.8 Å². The summed E-state index contributed by atoms with van der Waals surface area (Å²) >= 11 is 0. The molecule has 264 valence electrons. The minimum absolute atomic E-state index is 0.00486. The average molecular weight is 634 g/mol. The lowest BCUT2D eigenvalue weighted by atomic mass is 9.94. The highest BCUT2D eigenvalue weighted by molar-refractivity contribution is 5.77. The molecule has 0 aromatic carbocycles. The lowest BCUT2D eigenvalue weighted by Gasteiger charge is -2.18. The Balaban J connectivity index is 1.55. The van der Waals surface area contributed by atoms with Crippen LogP contribution in [0.15, 0.2) is 0 Å². The van der Waals surface area contributed by atoms with Crippen molar-refractivity contribution in [3.05, 3.63) is 0 Å². The summed E-state index contributed by atoms with van der Waals surface area (Å²) in [4.78, 5) is 27.5. The zero-order valence-corrected chi connectivity index (χ0v) is 30.5. The molecule has 1 aliphatic carbocycles. The summed E-state index contributed by atoms with van der Waals surface area (Å²) in [6.45, 7) is 10.1. The van der Waals surface area contributed by atoms with E-state index in [9.17, 15) is 9.59 Å². The lowest BCUT2D eigenvalue weighted by Crippen LogP contribution is -2.24. The monoisotopic (exact) mass is 634 g/mol. The summed E-state index contributed by atoms with van der Waals surface area (Å²) in [7, 11) is 2.16. The van der Waals surface area contributed by atoms with E-state index in [2.05, 4.69) is 32.7 Å². The fourth-order valence-corrected chi connectivity index (χ4v) is 7.62. The van der Waals surface area contributed by atoms with Crippen LogP contribution in [-0.2, 0) is 19.1 Å². The van der Waals surface area contributed by atoms with Gasteiger partial charge in [-0.1, -0.05) is 143 Å². The summed E-state index contributed by atoms with van der Waals surface area (Å²) in [5.41, 5.74) is 0. The second-order valence-electron chi connectivity index (χ2n) is 15.0. The Morgan fingerprint density at radius 2 is 0.956 bits per heavy atom. The highest BCUT2D eigenvalue weighted by Crippen LogP contribution is 2.51. The third-order valence-electron chi connectivity index (χ3n) is 10.7. The van der Waals surface area contributed by atoms with E-state index in [1.807, 2.05) is 0 Å². The predicted molar refractivity (Wildman–Crippen MR) is 189 cm³/mol. The first-order valence-electron chi connectivity index (χ1n) is 20.0. The van der Waals surface area contributed by atoms with Crippen LogP contribution in [0.25, 0.3) is 0 Å². The van der Waals surface area contributed by atoms with E-state index >= 15 is 0 Å². The number of fused-ring (bicyclic) bond motifs is 1. The molecular formula is C40H75NO4. The number of carbonyl (C=O) groups excluding carboxylic acids is 2. The third kappa shape index (κ3) is 18.7. The van der Waals surface area contributed by atoms with Crippen LogP contribution >= 0.6 is 0 Å². The maximum atomic E-state index is 12.8. The van der Waals surface area contributed by atoms with Gasteiger partial charge in [-0.3, -0.25) is 9.59 Å². The number of hydrogen-bond acceptors (Lipinski definition) is 5. The Morgan fingerprint density at radius 1 is 0.556 bits per heavy atom. The number of rotatable bonds is 31. The van der Waals surface area contributed by atoms with Gasteiger partial charge in [0.2, 0.25) is 0 Å². The molecule has 2 rings (SSSR count). The molecular weight excluding hydrogens is 558 g/mol. The molecule has 0 aromatic heterocycles. The van der Waals surface area contributed by atoms with Gasteiger partial charge in [-0.25, -0.2) is 0 Å². The van der Waals surface area contributed by atoms with Gasteiger partial charge >= 0.3 is 11.9 Å². The second-order valence-corrected chi connectivity index (χ2v) is 15.0. The molecule has 0 radical (unpaired) electrons. The zero-order valence-electron chi connectivity index (χ0n) is 30.5. The van der Waals surface area contributed by atoms with Crippen LogP contribution in [0.3, 0.4) is 0 Å². The molecule has 1 aliphatic heterocycles. The first-order chi connectivity index (χ1) is 22.0. The number of hydrogen-bond donors (Lipinski definition) is 0. The molecule has 0 bridgehead atoms. The summed E-state index contributed by atoms with van der Waals surface area (Å²) in [6.07, 6.45) is 30.7. The summed E-state index contributed by atoms with van der Waals surface area (Å²) in [5.74, 6) is 2.44. The molecule has 0 N–H and O–H groups in total. The largest absolute Gasteiger partial charge is 0.465 e. The SMILES string of the molecule is CCCCCCCCCCC(CCCCCCCCC(=O)OCC(CCCC)CCCCCC)COC(=O)[C@@H]1[C@@H]2CN(C)C[C@@H]21. The first-order valence-corrected chi connectivity index (χ1v) is 20.0. The summed E-state index contributed by atoms with van der Waals surface area (Å²) < 4.78 is 11.6. The van der Waals surface area contributed by atoms with Crippen molar-refractivity contribution in [1.29, 1.82) is 0 Å². The van der Waals surface area contributed by atoms with E-state index in [0.29, 0.717) is 43.3 Å². The van der Waals surface area contributed by atoms with Crippen molar-refractivity contribution in [3.63, 3.8) is 0 Å². The topological polar surface area (TPSA) is 55.8 Å². The van der Waals surface area contributed by atoms with Crippen molar-refractivity contribution < 1.29 is 19.1 Å². The molecule has 5 nitrogen and oxygen atoms in total. The van der Waals surface area contributed by atoms with Crippen LogP contribution in [0, 0.1) is 29.6 Å². The van der Waals surface area contributed by atoms with Crippen molar-refractivity contribution >= 4 is 11.9 Å². The zero-order chi connectivity index (χ0) is 32.5. The van der Waals surface area contributed by atoms with E-state index in [-0.39, 0.29) is 17.9 Å². The number of nitrogens with zero attached hydrogens (tertiary/aromatic N) is 1. The second kappa shape index (κ2) is 25.9. The Hall–Kier alpha value is -1.10. The van der Waals surface area contributed by atoms with Crippen LogP contribution in [0.1, 0.15) is 181 Å². The molecule has 5 heteroatoms. The van der Waals surface area contributed by atoms with Crippen molar-refractivity contribution in [2.75, 3.05) is 33.4 Å². The van der Waals surface area contributed by atoms with E-state index in [4.69, 9.17) is 9.47 Å². The molecule has 1 saturated carbocycles. The molecule has 2 unspecified atom stereocenters. The molecule has 0 aromatic rings. The van der Waals surface area contributed by atoms with Gasteiger partial charge in [0.25, 0.3) is 0 Å². The smallest absolute Gasteiger partial charge is 0.309 e. The number of unbranched alkanes of at least 4 members (excludes halogenated alkanes) is 16. The number of piperidine rings is 1. The molecule has 0 spiro atoms. The Labute approximate surface area is 279 Å². The van der Waals surface area contributed by atoms with Crippen LogP contribution < -0.4 is 0 Å². The Bertz CT molecular complexity index is 730. The van der Waals surface area contributed by atoms with E-state index in [1.165, 1.54) is 141 Å². The van der Waals surface area contributed by atoms with E-state index < -0.39 is 0 Å². The normalized spacial score (nSPS) is 20.6. The molecule has 1 saturated heterocycles. The van der Waals surface area contributed by atoms with Gasteiger partial charge in [0, 0.05) is 19.5 Å². The lowest BCUT2D eigenvalue weighted by molar-refractivity contribution is -0.148. The predicted octanol–water partition coefficient (Wildman–Crippen LogP) is 10.9. The highest BCUT2D eigenvalue weighted by atomic mass is 16.5. The average Bonchev–Trinajstić information content (AvgIpc) is 3.56. The summed E-state index contributed by atoms with van der Waals surface area (Å²) in [6, 6.07) is 0. The number of carbonyl (C=O) groups is 2. The van der Waals surface area contributed by atoms with Crippen molar-refractivity contribution in [2.45, 2.75) is 181 Å². The van der Waals surface area contributed by atoms with E-state index in [1.54, 1.807) is 0 Å². The fraction of sp³-hybridized carbons (Fsp3) is 0.950. The number of esters is 2. The van der Waals surface area contributed by atoms with Crippen molar-refractivity contribution in [1.82, 2.24) is 4.90 Å². The number of likely N-dealkylation sites (tertiary alicyclic amines) is 1. The van der Waals surface area contributed by atoms with Crippen molar-refractivity contribution in [2.24, 2.45) is 29.6 Å². The molecule has 2 fully saturated rings. The quantitative estimate of drug-likeness (QED) is 0.0561. The maximum absolute atomic E-state index is 12.8. The van der Waals surface area contributed by atoms with Crippen LogP contribution in [0.4, 0.5) is 0 Å². The van der Waals surface area contributed by atoms with Gasteiger partial charge in [0.1, 0.15) is 0 Å². The maximum Gasteiger partial charge on any atom is 0.309 e. The van der Waals surface area contributed by atoms with Crippen LogP contribution in [0.5, 0.6) is 0 Å². The van der Waals surface area contributed by atoms with Gasteiger partial charge in [-0.2, -0.15) is 0 Å². The van der Waals surface area contributed by atoms with Gasteiger partial charge in [0.15, 0.2) is 0 Å². The van der Waals surface area contributed by atoms with Gasteiger partial charge < -0.3 is 14.4 Å². The first kappa shape index (κ1) is 40.1. The van der Waals surface area contributed by atoms with Crippen LogP contribution in [-0.4, -0.2) is 50.2 Å². The van der Waals surface area contributed by atoms with Crippen molar-refractivity contribution in [3.8, 4) is 0 Å². The van der Waals surface area contributed by atoms with Gasteiger partial charge in [0.05, 0.1) is 19.1 Å². The summed E-state index contributed by atoms with van der Waals surface area (Å²) in [5, 5.41) is 0. The minimum atomic E-state index is 0.00486. The molecule has 0 amide bonds. The minimum Gasteiger partial charge on any atom is -0.465 e. The molecule has 45 heavy (non-hydrogen) atoms. The molecule has 1 heterocycles. The molecule has 2 aliphatic rings. The fourth-order valence-electron chi connectivity index (χ4n) is 7.62. The Morgan fingerprint density at radius 3 is 1.47 bits per heavy atom. The highest BCUT2D eigenvalue weighted by Gasteiger charge is 2.59. The van der Waals surface area contributed by atoms with Gasteiger partial charge in [-0.15, -0.1) is 0 Å². The van der Waals surface area contributed by atoms with E-state index in [0.717, 1.165) is 25.9 Å².